The number of rotatable bonds is 3. The van der Waals surface area contributed by atoms with Crippen molar-refractivity contribution in [3.63, 3.8) is 0 Å². The lowest BCUT2D eigenvalue weighted by molar-refractivity contribution is -0.114. The van der Waals surface area contributed by atoms with Gasteiger partial charge in [-0.25, -0.2) is 4.39 Å². The molecule has 0 spiro atoms. The average molecular weight is 297 g/mol. The van der Waals surface area contributed by atoms with E-state index in [2.05, 4.69) is 10.3 Å². The number of pyridine rings is 1. The fourth-order valence-electron chi connectivity index (χ4n) is 1.50. The normalized spacial score (nSPS) is 10.2. The highest BCUT2D eigenvalue weighted by atomic mass is 35.5. The number of H-pyrrole nitrogens is 1. The SMILES string of the molecule is CC(=O)Nc1cc(Oc2ccc[nH]c2=O)c(Cl)cc1F. The van der Waals surface area contributed by atoms with Gasteiger partial charge in [-0.15, -0.1) is 0 Å². The number of hydrogen-bond donors (Lipinski definition) is 2. The maximum atomic E-state index is 13.6. The van der Waals surface area contributed by atoms with E-state index in [4.69, 9.17) is 16.3 Å². The van der Waals surface area contributed by atoms with E-state index in [0.29, 0.717) is 0 Å². The zero-order chi connectivity index (χ0) is 14.7. The molecule has 0 radical (unpaired) electrons. The molecule has 1 aromatic carbocycles. The van der Waals surface area contributed by atoms with Gasteiger partial charge in [-0.1, -0.05) is 11.6 Å². The van der Waals surface area contributed by atoms with Crippen LogP contribution in [0.5, 0.6) is 11.5 Å². The van der Waals surface area contributed by atoms with E-state index in [1.807, 2.05) is 0 Å². The van der Waals surface area contributed by atoms with Gasteiger partial charge in [0.2, 0.25) is 5.91 Å². The minimum absolute atomic E-state index is 0.00906. The third kappa shape index (κ3) is 3.16. The monoisotopic (exact) mass is 296 g/mol. The summed E-state index contributed by atoms with van der Waals surface area (Å²) in [6.45, 7) is 1.25. The molecule has 7 heteroatoms. The summed E-state index contributed by atoms with van der Waals surface area (Å²) in [5.41, 5.74) is -0.529. The Morgan fingerprint density at radius 3 is 2.80 bits per heavy atom. The predicted octanol–water partition coefficient (Wildman–Crippen LogP) is 2.92. The Morgan fingerprint density at radius 2 is 2.15 bits per heavy atom. The first kappa shape index (κ1) is 14.1. The molecule has 0 bridgehead atoms. The molecule has 0 aliphatic rings. The Hall–Kier alpha value is -2.34. The van der Waals surface area contributed by atoms with Crippen LogP contribution in [0.3, 0.4) is 0 Å². The second-order valence-electron chi connectivity index (χ2n) is 3.91. The first-order valence-electron chi connectivity index (χ1n) is 5.59. The molecule has 0 saturated carbocycles. The number of anilines is 1. The summed E-state index contributed by atoms with van der Waals surface area (Å²) in [6.07, 6.45) is 1.45. The number of benzene rings is 1. The molecule has 0 atom stereocenters. The zero-order valence-electron chi connectivity index (χ0n) is 10.4. The smallest absolute Gasteiger partial charge is 0.290 e. The van der Waals surface area contributed by atoms with Crippen molar-refractivity contribution in [2.45, 2.75) is 6.92 Å². The summed E-state index contributed by atoms with van der Waals surface area (Å²) in [4.78, 5) is 24.9. The number of halogens is 2. The lowest BCUT2D eigenvalue weighted by atomic mass is 10.2. The highest BCUT2D eigenvalue weighted by molar-refractivity contribution is 6.32. The van der Waals surface area contributed by atoms with E-state index in [0.717, 1.165) is 6.07 Å². The molecule has 1 aromatic heterocycles. The Bertz CT molecular complexity index is 715. The highest BCUT2D eigenvalue weighted by Gasteiger charge is 2.12. The van der Waals surface area contributed by atoms with Crippen molar-refractivity contribution in [3.05, 3.63) is 51.7 Å². The Kier molecular flexibility index (Phi) is 4.05. The van der Waals surface area contributed by atoms with Crippen LogP contribution in [0.2, 0.25) is 5.02 Å². The van der Waals surface area contributed by atoms with Crippen molar-refractivity contribution in [2.24, 2.45) is 0 Å². The standard InChI is InChI=1S/C13H10ClFN2O3/c1-7(18)17-10-6-12(8(14)5-9(10)15)20-11-3-2-4-16-13(11)19/h2-6H,1H3,(H,16,19)(H,17,18). The molecule has 0 saturated heterocycles. The van der Waals surface area contributed by atoms with Gasteiger partial charge < -0.3 is 15.0 Å². The molecular formula is C13H10ClFN2O3. The van der Waals surface area contributed by atoms with Crippen molar-refractivity contribution in [1.29, 1.82) is 0 Å². The first-order valence-corrected chi connectivity index (χ1v) is 5.97. The summed E-state index contributed by atoms with van der Waals surface area (Å²) in [5.74, 6) is -1.06. The van der Waals surface area contributed by atoms with E-state index in [1.54, 1.807) is 6.07 Å². The van der Waals surface area contributed by atoms with E-state index >= 15 is 0 Å². The van der Waals surface area contributed by atoms with Gasteiger partial charge in [0, 0.05) is 19.2 Å². The maximum Gasteiger partial charge on any atom is 0.290 e. The molecular weight excluding hydrogens is 287 g/mol. The molecule has 1 amide bonds. The lowest BCUT2D eigenvalue weighted by Gasteiger charge is -2.10. The van der Waals surface area contributed by atoms with Gasteiger partial charge >= 0.3 is 0 Å². The van der Waals surface area contributed by atoms with E-state index < -0.39 is 17.3 Å². The van der Waals surface area contributed by atoms with E-state index in [9.17, 15) is 14.0 Å². The van der Waals surface area contributed by atoms with Gasteiger partial charge in [-0.3, -0.25) is 9.59 Å². The van der Waals surface area contributed by atoms with Crippen LogP contribution in [-0.2, 0) is 4.79 Å². The van der Waals surface area contributed by atoms with Crippen molar-refractivity contribution < 1.29 is 13.9 Å². The maximum absolute atomic E-state index is 13.6. The molecule has 5 nitrogen and oxygen atoms in total. The second-order valence-corrected chi connectivity index (χ2v) is 4.32. The lowest BCUT2D eigenvalue weighted by Crippen LogP contribution is -2.09. The summed E-state index contributed by atoms with van der Waals surface area (Å²) in [5, 5.41) is 2.29. The highest BCUT2D eigenvalue weighted by Crippen LogP contribution is 2.32. The number of nitrogens with one attached hydrogen (secondary N) is 2. The van der Waals surface area contributed by atoms with Gasteiger partial charge in [-0.2, -0.15) is 0 Å². The second kappa shape index (κ2) is 5.75. The van der Waals surface area contributed by atoms with Gasteiger partial charge in [0.15, 0.2) is 5.75 Å². The molecule has 2 N–H and O–H groups in total. The van der Waals surface area contributed by atoms with Crippen LogP contribution in [0.25, 0.3) is 0 Å². The number of ether oxygens (including phenoxy) is 1. The molecule has 2 rings (SSSR count). The summed E-state index contributed by atoms with van der Waals surface area (Å²) >= 11 is 5.85. The summed E-state index contributed by atoms with van der Waals surface area (Å²) in [6, 6.07) is 5.23. The molecule has 2 aromatic rings. The fourth-order valence-corrected chi connectivity index (χ4v) is 1.69. The third-order valence-corrected chi connectivity index (χ3v) is 2.63. The minimum Gasteiger partial charge on any atom is -0.450 e. The first-order chi connectivity index (χ1) is 9.47. The third-order valence-electron chi connectivity index (χ3n) is 2.33. The number of aromatic nitrogens is 1. The number of hydrogen-bond acceptors (Lipinski definition) is 3. The Balaban J connectivity index is 2.39. The molecule has 104 valence electrons. The van der Waals surface area contributed by atoms with Crippen LogP contribution >= 0.6 is 11.6 Å². The van der Waals surface area contributed by atoms with Crippen LogP contribution in [0, 0.1) is 5.82 Å². The van der Waals surface area contributed by atoms with Gasteiger partial charge in [0.25, 0.3) is 5.56 Å². The van der Waals surface area contributed by atoms with Gasteiger partial charge in [0.1, 0.15) is 11.6 Å². The summed E-state index contributed by atoms with van der Waals surface area (Å²) < 4.78 is 18.9. The topological polar surface area (TPSA) is 71.2 Å². The van der Waals surface area contributed by atoms with Crippen molar-refractivity contribution in [3.8, 4) is 11.5 Å². The molecule has 0 fully saturated rings. The van der Waals surface area contributed by atoms with Crippen molar-refractivity contribution in [2.75, 3.05) is 5.32 Å². The van der Waals surface area contributed by atoms with Gasteiger partial charge in [-0.05, 0) is 18.2 Å². The quantitative estimate of drug-likeness (QED) is 0.915. The fraction of sp³-hybridized carbons (Fsp3) is 0.0769. The van der Waals surface area contributed by atoms with Crippen LogP contribution < -0.4 is 15.6 Å². The minimum atomic E-state index is -0.695. The van der Waals surface area contributed by atoms with Crippen molar-refractivity contribution >= 4 is 23.2 Å². The van der Waals surface area contributed by atoms with E-state index in [-0.39, 0.29) is 22.2 Å². The predicted molar refractivity (Wildman–Crippen MR) is 72.9 cm³/mol. The molecule has 0 aliphatic heterocycles. The number of amides is 1. The Labute approximate surface area is 118 Å². The Morgan fingerprint density at radius 1 is 1.40 bits per heavy atom. The van der Waals surface area contributed by atoms with Crippen LogP contribution in [0.1, 0.15) is 6.92 Å². The number of aromatic amines is 1. The largest absolute Gasteiger partial charge is 0.450 e. The molecule has 0 aliphatic carbocycles. The molecule has 20 heavy (non-hydrogen) atoms. The van der Waals surface area contributed by atoms with Crippen LogP contribution in [0.15, 0.2) is 35.3 Å². The summed E-state index contributed by atoms with van der Waals surface area (Å²) in [7, 11) is 0. The zero-order valence-corrected chi connectivity index (χ0v) is 11.1. The number of carbonyl (C=O) groups excluding carboxylic acids is 1. The van der Waals surface area contributed by atoms with Crippen LogP contribution in [0.4, 0.5) is 10.1 Å². The van der Waals surface area contributed by atoms with Crippen molar-refractivity contribution in [1.82, 2.24) is 4.98 Å². The van der Waals surface area contributed by atoms with Crippen LogP contribution in [-0.4, -0.2) is 10.9 Å². The molecule has 0 unspecified atom stereocenters. The molecule has 1 heterocycles. The average Bonchev–Trinajstić information content (AvgIpc) is 2.37. The van der Waals surface area contributed by atoms with Gasteiger partial charge in [0.05, 0.1) is 10.7 Å². The van der Waals surface area contributed by atoms with E-state index in [1.165, 1.54) is 25.3 Å². The number of carbonyl (C=O) groups is 1.